The summed E-state index contributed by atoms with van der Waals surface area (Å²) in [6.07, 6.45) is 4.94. The number of amides is 8. The molecule has 3 fully saturated rings. The van der Waals surface area contributed by atoms with Crippen LogP contribution in [-0.4, -0.2) is 296 Å². The third-order valence-electron chi connectivity index (χ3n) is 21.4. The molecule has 17 N–H and O–H groups in total. The Labute approximate surface area is 679 Å². The molecule has 0 aromatic carbocycles. The number of unbranched alkanes of at least 4 members (excludes halogenated alkanes) is 11. The third-order valence-corrected chi connectivity index (χ3v) is 21.4. The van der Waals surface area contributed by atoms with Crippen molar-refractivity contribution < 1.29 is 127 Å². The molecule has 0 aromatic rings. The van der Waals surface area contributed by atoms with Gasteiger partial charge < -0.3 is 117 Å². The van der Waals surface area contributed by atoms with Crippen LogP contribution < -0.4 is 42.5 Å². The monoisotopic (exact) mass is 1650 g/mol. The minimum Gasteiger partial charge on any atom is -0.396 e. The Morgan fingerprint density at radius 2 is 0.609 bits per heavy atom. The van der Waals surface area contributed by atoms with Crippen molar-refractivity contribution in [2.24, 2.45) is 29.1 Å². The Bertz CT molecular complexity index is 2570. The van der Waals surface area contributed by atoms with Gasteiger partial charge in [-0.1, -0.05) is 52.4 Å². The summed E-state index contributed by atoms with van der Waals surface area (Å²) in [5, 5.41) is 114. The van der Waals surface area contributed by atoms with Crippen molar-refractivity contribution in [1.29, 1.82) is 0 Å². The van der Waals surface area contributed by atoms with Crippen LogP contribution >= 0.6 is 0 Å². The number of nitrogens with one attached hydrogen (secondary N) is 8. The molecule has 0 saturated heterocycles. The summed E-state index contributed by atoms with van der Waals surface area (Å²) in [5.74, 6) is -4.17. The number of hydrogen-bond donors (Lipinski definition) is 17. The average molecular weight is 1650 g/mol. The van der Waals surface area contributed by atoms with Crippen molar-refractivity contribution in [2.75, 3.05) is 112 Å². The van der Waals surface area contributed by atoms with Crippen molar-refractivity contribution in [3.63, 3.8) is 0 Å². The lowest BCUT2D eigenvalue weighted by Gasteiger charge is -2.42. The molecule has 0 radical (unpaired) electrons. The molecule has 3 saturated carbocycles. The van der Waals surface area contributed by atoms with Gasteiger partial charge >= 0.3 is 0 Å². The van der Waals surface area contributed by atoms with Crippen LogP contribution in [0.3, 0.4) is 0 Å². The van der Waals surface area contributed by atoms with E-state index in [1.807, 2.05) is 13.8 Å². The summed E-state index contributed by atoms with van der Waals surface area (Å²) in [4.78, 5) is 139. The zero-order valence-corrected chi connectivity index (χ0v) is 69.1. The topological polar surface area (TPSA) is 521 Å². The van der Waals surface area contributed by atoms with Crippen LogP contribution in [0.4, 0.5) is 0 Å². The Kier molecular flexibility index (Phi) is 54.5. The van der Waals surface area contributed by atoms with Gasteiger partial charge in [-0.05, 0) is 96.3 Å². The molecule has 0 heterocycles. The fourth-order valence-corrected chi connectivity index (χ4v) is 14.5. The minimum absolute atomic E-state index is 0.0335. The summed E-state index contributed by atoms with van der Waals surface area (Å²) < 4.78 is 36.4. The van der Waals surface area contributed by atoms with Crippen molar-refractivity contribution in [3.8, 4) is 0 Å². The van der Waals surface area contributed by atoms with Gasteiger partial charge in [-0.2, -0.15) is 0 Å². The van der Waals surface area contributed by atoms with Crippen LogP contribution in [0.5, 0.6) is 0 Å². The first-order valence-electron chi connectivity index (χ1n) is 42.2. The standard InChI is InChI=1S/C81H144N8O26/c1-54(2)63(98)27-13-11-9-7-6-8-10-12-26-62(97)47-81(51-110-41-30-69(101)82-33-18-14-24-61(96)25-15-19-38-113-64-44-58(48-90)75(104)78(107)72(64)87-55(3)93,52-111-42-31-70(102)85-36-22-34-83-67(99)28-16-20-39-114-65-45-59(49-91)76(105)79(108)73(65)88-56(4)94)53-112-43-32-71(103)86-37-23-35-84-68(100)29-17-21-40-115-66-46-60(50-92)77(106)80(109)74(66)89-57(5)95/h54,58-60,64-66,72-80,90-92,104-109H,6-53H2,1-5H3,(H,82,101)(H,83,99)(H,84,100)(H,85,102)(H,86,103)(H,87,93)(H,88,94)(H,89,95)/t58?,59?,60?,64-,65-,66-,72?,73?,74?,75-,76-,77-,78-,79-,80-,81?/m1/s1. The van der Waals surface area contributed by atoms with E-state index in [1.165, 1.54) is 20.8 Å². The number of aliphatic hydroxyl groups excluding tert-OH is 9. The number of carbonyl (C=O) groups is 11. The van der Waals surface area contributed by atoms with E-state index in [2.05, 4.69) is 42.5 Å². The normalized spacial score (nSPS) is 23.9. The van der Waals surface area contributed by atoms with Gasteiger partial charge in [0.25, 0.3) is 0 Å². The third kappa shape index (κ3) is 44.2. The first kappa shape index (κ1) is 103. The molecular weight excluding hydrogens is 1500 g/mol. The van der Waals surface area contributed by atoms with Crippen LogP contribution in [0, 0.1) is 29.1 Å². The number of rotatable bonds is 66. The number of ether oxygens (including phenoxy) is 6. The van der Waals surface area contributed by atoms with Gasteiger partial charge in [0.2, 0.25) is 47.3 Å². The molecule has 115 heavy (non-hydrogen) atoms. The molecule has 3 rings (SSSR count). The highest BCUT2D eigenvalue weighted by Crippen LogP contribution is 2.32. The lowest BCUT2D eigenvalue weighted by molar-refractivity contribution is -0.142. The Balaban J connectivity index is 1.57. The molecular formula is C81H144N8O26. The Hall–Kier alpha value is -5.83. The molecule has 0 bridgehead atoms. The molecule has 34 heteroatoms. The molecule has 3 aliphatic carbocycles. The Morgan fingerprint density at radius 3 is 0.930 bits per heavy atom. The summed E-state index contributed by atoms with van der Waals surface area (Å²) in [6.45, 7) is 8.21. The smallest absolute Gasteiger partial charge is 0.222 e. The fourth-order valence-electron chi connectivity index (χ4n) is 14.5. The molecule has 664 valence electrons. The molecule has 8 amide bonds. The Morgan fingerprint density at radius 1 is 0.330 bits per heavy atom. The van der Waals surface area contributed by atoms with Crippen molar-refractivity contribution in [1.82, 2.24) is 42.5 Å². The van der Waals surface area contributed by atoms with E-state index >= 15 is 0 Å². The predicted molar refractivity (Wildman–Crippen MR) is 423 cm³/mol. The van der Waals surface area contributed by atoms with E-state index in [-0.39, 0.29) is 222 Å². The van der Waals surface area contributed by atoms with Crippen molar-refractivity contribution in [3.05, 3.63) is 0 Å². The SMILES string of the molecule is CC(=O)NC1[C@@H](O)[C@H](O)C(CO)C[C@H]1OCCCCC(=O)CCCCNC(=O)CCOCC(COCCC(=O)NCCCNC(=O)CCCCO[C@@H]1CC(CO)[C@@H](O)[C@H](O)C1NC(C)=O)(COCCC(=O)NCCCNC(=O)CCCCO[C@@H]1CC(CO)[C@@H](O)[C@H](O)C1NC(C)=O)CC(=O)CCCCCCCCCCC(=O)C(C)C. The minimum atomic E-state index is -1.33. The van der Waals surface area contributed by atoms with Crippen LogP contribution in [-0.2, 0) is 81.2 Å². The second kappa shape index (κ2) is 60.6. The van der Waals surface area contributed by atoms with E-state index in [0.29, 0.717) is 96.4 Å². The van der Waals surface area contributed by atoms with Crippen LogP contribution in [0.15, 0.2) is 0 Å². The van der Waals surface area contributed by atoms with Crippen molar-refractivity contribution in [2.45, 2.75) is 307 Å². The molecule has 34 nitrogen and oxygen atoms in total. The molecule has 0 aliphatic heterocycles. The van der Waals surface area contributed by atoms with Gasteiger partial charge in [-0.25, -0.2) is 0 Å². The van der Waals surface area contributed by atoms with Crippen LogP contribution in [0.2, 0.25) is 0 Å². The molecule has 6 unspecified atom stereocenters. The summed E-state index contributed by atoms with van der Waals surface area (Å²) in [6, 6.07) is -2.58. The lowest BCUT2D eigenvalue weighted by Crippen LogP contribution is -2.61. The van der Waals surface area contributed by atoms with Crippen LogP contribution in [0.25, 0.3) is 0 Å². The quantitative estimate of drug-likeness (QED) is 0.0374. The van der Waals surface area contributed by atoms with E-state index in [1.54, 1.807) is 0 Å². The lowest BCUT2D eigenvalue weighted by atomic mass is 9.79. The second-order valence-electron chi connectivity index (χ2n) is 31.8. The zero-order chi connectivity index (χ0) is 84.9. The van der Waals surface area contributed by atoms with E-state index in [4.69, 9.17) is 28.4 Å². The highest BCUT2D eigenvalue weighted by Gasteiger charge is 2.47. The summed E-state index contributed by atoms with van der Waals surface area (Å²) in [7, 11) is 0. The highest BCUT2D eigenvalue weighted by molar-refractivity contribution is 5.81. The van der Waals surface area contributed by atoms with E-state index in [9.17, 15) is 98.7 Å². The maximum Gasteiger partial charge on any atom is 0.222 e. The highest BCUT2D eigenvalue weighted by atomic mass is 16.5. The van der Waals surface area contributed by atoms with Gasteiger partial charge in [0.05, 0.1) is 94.4 Å². The van der Waals surface area contributed by atoms with E-state index < -0.39 is 114 Å². The maximum atomic E-state index is 14.1. The van der Waals surface area contributed by atoms with Gasteiger partial charge in [0.15, 0.2) is 0 Å². The van der Waals surface area contributed by atoms with Gasteiger partial charge in [-0.15, -0.1) is 0 Å². The number of aliphatic hydroxyl groups is 9. The predicted octanol–water partition coefficient (Wildman–Crippen LogP) is 0.761. The molecule has 0 spiro atoms. The second-order valence-corrected chi connectivity index (χ2v) is 31.8. The van der Waals surface area contributed by atoms with Gasteiger partial charge in [0.1, 0.15) is 35.7 Å². The number of ketones is 3. The average Bonchev–Trinajstić information content (AvgIpc) is 0.818. The van der Waals surface area contributed by atoms with Gasteiger partial charge in [0, 0.05) is 186 Å². The first-order chi connectivity index (χ1) is 55.0. The maximum absolute atomic E-state index is 14.1. The van der Waals surface area contributed by atoms with E-state index in [0.717, 1.165) is 44.9 Å². The fraction of sp³-hybridized carbons (Fsp3) is 0.864. The van der Waals surface area contributed by atoms with Crippen LogP contribution in [0.1, 0.15) is 234 Å². The first-order valence-corrected chi connectivity index (χ1v) is 42.2. The largest absolute Gasteiger partial charge is 0.396 e. The summed E-state index contributed by atoms with van der Waals surface area (Å²) >= 11 is 0. The number of hydrogen-bond acceptors (Lipinski definition) is 26. The van der Waals surface area contributed by atoms with Crippen molar-refractivity contribution >= 4 is 64.6 Å². The van der Waals surface area contributed by atoms with Gasteiger partial charge in [-0.3, -0.25) is 52.7 Å². The number of Topliss-reactive ketones (excluding diaryl/α,β-unsaturated/α-hetero) is 3. The molecule has 0 aromatic heterocycles. The molecule has 3 aliphatic rings. The summed E-state index contributed by atoms with van der Waals surface area (Å²) in [5.41, 5.74) is -1.13. The number of carbonyl (C=O) groups excluding carboxylic acids is 11. The molecule has 15 atom stereocenters. The zero-order valence-electron chi connectivity index (χ0n) is 69.1.